The standard InChI is InChI=1S/C10H18N2O/c1-8(13)7-10(2,3)9-11-5-6-12(9)4/h5-6,8,13H,7H2,1-4H3. The van der Waals surface area contributed by atoms with Crippen LogP contribution in [0.4, 0.5) is 0 Å². The van der Waals surface area contributed by atoms with E-state index >= 15 is 0 Å². The van der Waals surface area contributed by atoms with E-state index < -0.39 is 0 Å². The van der Waals surface area contributed by atoms with Gasteiger partial charge in [-0.05, 0) is 13.3 Å². The van der Waals surface area contributed by atoms with Gasteiger partial charge in [-0.25, -0.2) is 4.98 Å². The van der Waals surface area contributed by atoms with E-state index in [0.717, 1.165) is 12.2 Å². The maximum atomic E-state index is 9.34. The molecular weight excluding hydrogens is 164 g/mol. The van der Waals surface area contributed by atoms with Gasteiger partial charge in [-0.15, -0.1) is 0 Å². The first-order valence-corrected chi connectivity index (χ1v) is 4.59. The lowest BCUT2D eigenvalue weighted by Crippen LogP contribution is -2.26. The van der Waals surface area contributed by atoms with Gasteiger partial charge in [0.25, 0.3) is 0 Å². The van der Waals surface area contributed by atoms with Gasteiger partial charge in [-0.1, -0.05) is 13.8 Å². The van der Waals surface area contributed by atoms with Gasteiger partial charge in [0.15, 0.2) is 0 Å². The summed E-state index contributed by atoms with van der Waals surface area (Å²) >= 11 is 0. The van der Waals surface area contributed by atoms with Gasteiger partial charge in [0.2, 0.25) is 0 Å². The minimum absolute atomic E-state index is 0.0631. The molecule has 0 bridgehead atoms. The Kier molecular flexibility index (Phi) is 2.76. The van der Waals surface area contributed by atoms with Gasteiger partial charge in [0, 0.05) is 24.9 Å². The SMILES string of the molecule is CC(O)CC(C)(C)c1nccn1C. The van der Waals surface area contributed by atoms with Crippen LogP contribution in [0.5, 0.6) is 0 Å². The molecule has 1 rings (SSSR count). The van der Waals surface area contributed by atoms with Crippen molar-refractivity contribution >= 4 is 0 Å². The van der Waals surface area contributed by atoms with E-state index in [1.54, 1.807) is 6.20 Å². The van der Waals surface area contributed by atoms with E-state index in [1.165, 1.54) is 0 Å². The predicted molar refractivity (Wildman–Crippen MR) is 52.5 cm³/mol. The Balaban J connectivity index is 2.87. The fourth-order valence-electron chi connectivity index (χ4n) is 1.85. The molecule has 0 amide bonds. The van der Waals surface area contributed by atoms with Crippen molar-refractivity contribution in [1.29, 1.82) is 0 Å². The number of aliphatic hydroxyl groups is 1. The Bertz CT molecular complexity index is 276. The van der Waals surface area contributed by atoms with Crippen LogP contribution in [0.15, 0.2) is 12.4 Å². The number of hydrogen-bond acceptors (Lipinski definition) is 2. The molecule has 3 nitrogen and oxygen atoms in total. The molecule has 0 saturated carbocycles. The zero-order valence-corrected chi connectivity index (χ0v) is 8.78. The molecule has 1 heterocycles. The van der Waals surface area contributed by atoms with Crippen LogP contribution >= 0.6 is 0 Å². The highest BCUT2D eigenvalue weighted by Crippen LogP contribution is 2.26. The number of rotatable bonds is 3. The lowest BCUT2D eigenvalue weighted by Gasteiger charge is -2.25. The van der Waals surface area contributed by atoms with Crippen LogP contribution in [0.3, 0.4) is 0 Å². The summed E-state index contributed by atoms with van der Waals surface area (Å²) in [6.07, 6.45) is 4.17. The minimum Gasteiger partial charge on any atom is -0.393 e. The quantitative estimate of drug-likeness (QED) is 0.768. The van der Waals surface area contributed by atoms with Crippen LogP contribution in [0, 0.1) is 0 Å². The molecule has 0 aromatic carbocycles. The molecule has 74 valence electrons. The normalized spacial score (nSPS) is 14.5. The lowest BCUT2D eigenvalue weighted by atomic mass is 9.86. The number of nitrogens with zero attached hydrogens (tertiary/aromatic N) is 2. The Labute approximate surface area is 79.4 Å². The largest absolute Gasteiger partial charge is 0.393 e. The van der Waals surface area contributed by atoms with Crippen molar-refractivity contribution in [2.45, 2.75) is 38.7 Å². The number of aryl methyl sites for hydroxylation is 1. The van der Waals surface area contributed by atoms with E-state index in [0.29, 0.717) is 0 Å². The number of imidazole rings is 1. The number of aromatic nitrogens is 2. The predicted octanol–water partition coefficient (Wildman–Crippen LogP) is 1.47. The van der Waals surface area contributed by atoms with Crippen molar-refractivity contribution in [3.05, 3.63) is 18.2 Å². The van der Waals surface area contributed by atoms with Gasteiger partial charge >= 0.3 is 0 Å². The molecule has 0 saturated heterocycles. The van der Waals surface area contributed by atoms with Crippen LogP contribution in [0.25, 0.3) is 0 Å². The molecule has 1 aromatic heterocycles. The van der Waals surface area contributed by atoms with Crippen LogP contribution < -0.4 is 0 Å². The van der Waals surface area contributed by atoms with Crippen molar-refractivity contribution in [3.63, 3.8) is 0 Å². The van der Waals surface area contributed by atoms with Gasteiger partial charge in [-0.2, -0.15) is 0 Å². The molecule has 0 aliphatic heterocycles. The van der Waals surface area contributed by atoms with Crippen molar-refractivity contribution < 1.29 is 5.11 Å². The molecule has 3 heteroatoms. The molecule has 0 spiro atoms. The molecule has 0 radical (unpaired) electrons. The first-order chi connectivity index (χ1) is 5.93. The van der Waals surface area contributed by atoms with Crippen molar-refractivity contribution in [1.82, 2.24) is 9.55 Å². The van der Waals surface area contributed by atoms with E-state index in [4.69, 9.17) is 0 Å². The highest BCUT2D eigenvalue weighted by atomic mass is 16.3. The molecule has 0 aliphatic rings. The summed E-state index contributed by atoms with van der Waals surface area (Å²) in [6, 6.07) is 0. The maximum absolute atomic E-state index is 9.34. The maximum Gasteiger partial charge on any atom is 0.114 e. The second-order valence-electron chi connectivity index (χ2n) is 4.30. The van der Waals surface area contributed by atoms with E-state index in [-0.39, 0.29) is 11.5 Å². The summed E-state index contributed by atoms with van der Waals surface area (Å²) in [5.74, 6) is 1.02. The molecule has 0 fully saturated rings. The molecule has 1 aromatic rings. The monoisotopic (exact) mass is 182 g/mol. The van der Waals surface area contributed by atoms with Crippen LogP contribution in [0.2, 0.25) is 0 Å². The molecule has 1 N–H and O–H groups in total. The Hall–Kier alpha value is -0.830. The van der Waals surface area contributed by atoms with Gasteiger partial charge in [-0.3, -0.25) is 0 Å². The van der Waals surface area contributed by atoms with E-state index in [9.17, 15) is 5.11 Å². The van der Waals surface area contributed by atoms with Crippen molar-refractivity contribution in [2.24, 2.45) is 7.05 Å². The van der Waals surface area contributed by atoms with Crippen molar-refractivity contribution in [3.8, 4) is 0 Å². The highest BCUT2D eigenvalue weighted by molar-refractivity contribution is 5.06. The summed E-state index contributed by atoms with van der Waals surface area (Å²) in [6.45, 7) is 6.01. The topological polar surface area (TPSA) is 38.1 Å². The smallest absolute Gasteiger partial charge is 0.114 e. The van der Waals surface area contributed by atoms with Crippen LogP contribution in [0.1, 0.15) is 33.0 Å². The Morgan fingerprint density at radius 3 is 2.62 bits per heavy atom. The molecule has 0 aliphatic carbocycles. The van der Waals surface area contributed by atoms with E-state index in [1.807, 2.05) is 24.7 Å². The van der Waals surface area contributed by atoms with Crippen LogP contribution in [-0.4, -0.2) is 20.8 Å². The summed E-state index contributed by atoms with van der Waals surface area (Å²) in [5.41, 5.74) is -0.0631. The first-order valence-electron chi connectivity index (χ1n) is 4.59. The highest BCUT2D eigenvalue weighted by Gasteiger charge is 2.26. The summed E-state index contributed by atoms with van der Waals surface area (Å²) < 4.78 is 2.00. The number of hydrogen-bond donors (Lipinski definition) is 1. The summed E-state index contributed by atoms with van der Waals surface area (Å²) in [4.78, 5) is 4.29. The molecule has 1 atom stereocenters. The third-order valence-corrected chi connectivity index (χ3v) is 2.23. The third kappa shape index (κ3) is 2.31. The first kappa shape index (κ1) is 10.3. The zero-order valence-electron chi connectivity index (χ0n) is 8.78. The fourth-order valence-corrected chi connectivity index (χ4v) is 1.85. The summed E-state index contributed by atoms with van der Waals surface area (Å²) in [7, 11) is 1.98. The van der Waals surface area contributed by atoms with Crippen molar-refractivity contribution in [2.75, 3.05) is 0 Å². The third-order valence-electron chi connectivity index (χ3n) is 2.23. The fraction of sp³-hybridized carbons (Fsp3) is 0.700. The zero-order chi connectivity index (χ0) is 10.1. The molecular formula is C10H18N2O. The molecule has 13 heavy (non-hydrogen) atoms. The average molecular weight is 182 g/mol. The Morgan fingerprint density at radius 1 is 1.62 bits per heavy atom. The van der Waals surface area contributed by atoms with Gasteiger partial charge < -0.3 is 9.67 Å². The van der Waals surface area contributed by atoms with Gasteiger partial charge in [0.1, 0.15) is 5.82 Å². The van der Waals surface area contributed by atoms with Gasteiger partial charge in [0.05, 0.1) is 6.10 Å². The van der Waals surface area contributed by atoms with Crippen LogP contribution in [-0.2, 0) is 12.5 Å². The second kappa shape index (κ2) is 3.50. The Morgan fingerprint density at radius 2 is 2.23 bits per heavy atom. The minimum atomic E-state index is -0.285. The lowest BCUT2D eigenvalue weighted by molar-refractivity contribution is 0.153. The summed E-state index contributed by atoms with van der Waals surface area (Å²) in [5, 5.41) is 9.34. The number of aliphatic hydroxyl groups excluding tert-OH is 1. The van der Waals surface area contributed by atoms with E-state index in [2.05, 4.69) is 18.8 Å². The second-order valence-corrected chi connectivity index (χ2v) is 4.30. The molecule has 1 unspecified atom stereocenters. The average Bonchev–Trinajstić information content (AvgIpc) is 2.32.